The first-order chi connectivity index (χ1) is 9.22. The summed E-state index contributed by atoms with van der Waals surface area (Å²) in [5.74, 6) is 0. The van der Waals surface area contributed by atoms with Gasteiger partial charge in [0.1, 0.15) is 0 Å². The zero-order valence-corrected chi connectivity index (χ0v) is 14.4. The van der Waals surface area contributed by atoms with Crippen LogP contribution in [0.25, 0.3) is 0 Å². The maximum Gasteiger partial charge on any atom is 0.240 e. The van der Waals surface area contributed by atoms with Crippen LogP contribution in [0.1, 0.15) is 25.0 Å². The second-order valence-electron chi connectivity index (χ2n) is 5.41. The number of sulfonamides is 1. The smallest absolute Gasteiger partial charge is 0.240 e. The van der Waals surface area contributed by atoms with Crippen LogP contribution in [0.15, 0.2) is 23.1 Å². The van der Waals surface area contributed by atoms with Crippen LogP contribution in [0.5, 0.6) is 0 Å². The highest BCUT2D eigenvalue weighted by molar-refractivity contribution is 8.00. The van der Waals surface area contributed by atoms with Gasteiger partial charge in [0.25, 0.3) is 0 Å². The minimum Gasteiger partial charge on any atom is -0.316 e. The Balaban J connectivity index is 2.95. The third-order valence-corrected chi connectivity index (χ3v) is 5.89. The number of hydrogen-bond acceptors (Lipinski definition) is 4. The van der Waals surface area contributed by atoms with Crippen LogP contribution in [0.4, 0.5) is 0 Å². The largest absolute Gasteiger partial charge is 0.316 e. The standard InChI is InChI=1S/C14H24N2O2S2/c1-11-6-7-13(8-12(11)9-15-4)20(17,18)16-10-14(2,3)19-5/h6-8,15-16H,9-10H2,1-5H3. The molecule has 1 aromatic carbocycles. The van der Waals surface area contributed by atoms with Crippen LogP contribution in [0, 0.1) is 6.92 Å². The zero-order valence-electron chi connectivity index (χ0n) is 12.8. The maximum absolute atomic E-state index is 12.3. The molecule has 0 heterocycles. The number of aryl methyl sites for hydroxylation is 1. The van der Waals surface area contributed by atoms with E-state index < -0.39 is 10.0 Å². The van der Waals surface area contributed by atoms with Crippen molar-refractivity contribution in [1.82, 2.24) is 10.0 Å². The van der Waals surface area contributed by atoms with Crippen molar-refractivity contribution in [2.75, 3.05) is 19.8 Å². The molecule has 0 aliphatic rings. The van der Waals surface area contributed by atoms with Crippen LogP contribution in [0.2, 0.25) is 0 Å². The van der Waals surface area contributed by atoms with E-state index in [1.54, 1.807) is 23.9 Å². The van der Waals surface area contributed by atoms with E-state index in [-0.39, 0.29) is 4.75 Å². The summed E-state index contributed by atoms with van der Waals surface area (Å²) in [6.07, 6.45) is 1.98. The van der Waals surface area contributed by atoms with Crippen molar-refractivity contribution in [2.24, 2.45) is 0 Å². The molecule has 0 amide bonds. The molecule has 1 aromatic rings. The molecule has 20 heavy (non-hydrogen) atoms. The first-order valence-electron chi connectivity index (χ1n) is 6.51. The molecule has 0 spiro atoms. The summed E-state index contributed by atoms with van der Waals surface area (Å²) in [6.45, 7) is 7.08. The predicted octanol–water partition coefficient (Wildman–Crippen LogP) is 2.13. The van der Waals surface area contributed by atoms with Gasteiger partial charge in [0.15, 0.2) is 0 Å². The molecule has 0 unspecified atom stereocenters. The molecule has 0 saturated heterocycles. The van der Waals surface area contributed by atoms with E-state index in [0.29, 0.717) is 18.0 Å². The van der Waals surface area contributed by atoms with Gasteiger partial charge in [-0.05, 0) is 57.3 Å². The fraction of sp³-hybridized carbons (Fsp3) is 0.571. The van der Waals surface area contributed by atoms with E-state index in [9.17, 15) is 8.42 Å². The fourth-order valence-electron chi connectivity index (χ4n) is 1.62. The Kier molecular flexibility index (Phi) is 6.06. The van der Waals surface area contributed by atoms with Crippen LogP contribution >= 0.6 is 11.8 Å². The van der Waals surface area contributed by atoms with Crippen molar-refractivity contribution in [1.29, 1.82) is 0 Å². The van der Waals surface area contributed by atoms with Crippen molar-refractivity contribution in [3.63, 3.8) is 0 Å². The molecule has 4 nitrogen and oxygen atoms in total. The summed E-state index contributed by atoms with van der Waals surface area (Å²) in [5.41, 5.74) is 2.09. The van der Waals surface area contributed by atoms with Crippen molar-refractivity contribution < 1.29 is 8.42 Å². The highest BCUT2D eigenvalue weighted by Crippen LogP contribution is 2.21. The predicted molar refractivity (Wildman–Crippen MR) is 86.7 cm³/mol. The SMILES string of the molecule is CNCc1cc(S(=O)(=O)NCC(C)(C)SC)ccc1C. The van der Waals surface area contributed by atoms with E-state index >= 15 is 0 Å². The Morgan fingerprint density at radius 3 is 2.50 bits per heavy atom. The van der Waals surface area contributed by atoms with Crippen LogP contribution in [-0.2, 0) is 16.6 Å². The van der Waals surface area contributed by atoms with Crippen LogP contribution in [0.3, 0.4) is 0 Å². The van der Waals surface area contributed by atoms with Gasteiger partial charge in [0, 0.05) is 17.8 Å². The van der Waals surface area contributed by atoms with Gasteiger partial charge in [-0.3, -0.25) is 0 Å². The normalized spacial score (nSPS) is 12.7. The number of benzene rings is 1. The Bertz CT molecular complexity index is 554. The van der Waals surface area contributed by atoms with Gasteiger partial charge in [0.2, 0.25) is 10.0 Å². The average Bonchev–Trinajstić information content (AvgIpc) is 2.39. The quantitative estimate of drug-likeness (QED) is 0.809. The maximum atomic E-state index is 12.3. The van der Waals surface area contributed by atoms with E-state index in [2.05, 4.69) is 10.0 Å². The van der Waals surface area contributed by atoms with E-state index in [0.717, 1.165) is 11.1 Å². The lowest BCUT2D eigenvalue weighted by atomic mass is 10.1. The molecule has 2 N–H and O–H groups in total. The van der Waals surface area contributed by atoms with E-state index in [1.807, 2.05) is 40.1 Å². The molecule has 0 radical (unpaired) electrons. The van der Waals surface area contributed by atoms with Crippen molar-refractivity contribution in [3.05, 3.63) is 29.3 Å². The Morgan fingerprint density at radius 1 is 1.30 bits per heavy atom. The van der Waals surface area contributed by atoms with Crippen molar-refractivity contribution in [2.45, 2.75) is 37.0 Å². The zero-order chi connectivity index (χ0) is 15.4. The van der Waals surface area contributed by atoms with Crippen LogP contribution in [-0.4, -0.2) is 33.0 Å². The summed E-state index contributed by atoms with van der Waals surface area (Å²) < 4.78 is 27.2. The van der Waals surface area contributed by atoms with Crippen molar-refractivity contribution >= 4 is 21.8 Å². The highest BCUT2D eigenvalue weighted by Gasteiger charge is 2.21. The van der Waals surface area contributed by atoms with Gasteiger partial charge in [-0.15, -0.1) is 0 Å². The van der Waals surface area contributed by atoms with Crippen LogP contribution < -0.4 is 10.0 Å². The van der Waals surface area contributed by atoms with Crippen molar-refractivity contribution in [3.8, 4) is 0 Å². The lowest BCUT2D eigenvalue weighted by Gasteiger charge is -2.22. The van der Waals surface area contributed by atoms with Gasteiger partial charge in [-0.25, -0.2) is 13.1 Å². The van der Waals surface area contributed by atoms with Gasteiger partial charge in [0.05, 0.1) is 4.90 Å². The van der Waals surface area contributed by atoms with E-state index in [4.69, 9.17) is 0 Å². The molecule has 0 saturated carbocycles. The summed E-state index contributed by atoms with van der Waals surface area (Å²) in [7, 11) is -1.61. The number of nitrogens with one attached hydrogen (secondary N) is 2. The lowest BCUT2D eigenvalue weighted by molar-refractivity contribution is 0.570. The molecule has 0 bridgehead atoms. The Morgan fingerprint density at radius 2 is 1.95 bits per heavy atom. The van der Waals surface area contributed by atoms with E-state index in [1.165, 1.54) is 0 Å². The molecule has 6 heteroatoms. The number of hydrogen-bond donors (Lipinski definition) is 2. The average molecular weight is 316 g/mol. The van der Waals surface area contributed by atoms with Gasteiger partial charge >= 0.3 is 0 Å². The molecular formula is C14H24N2O2S2. The molecule has 0 aliphatic carbocycles. The second kappa shape index (κ2) is 6.93. The Hall–Kier alpha value is -0.560. The topological polar surface area (TPSA) is 58.2 Å². The number of thioether (sulfide) groups is 1. The summed E-state index contributed by atoms with van der Waals surface area (Å²) in [4.78, 5) is 0.324. The summed E-state index contributed by atoms with van der Waals surface area (Å²) >= 11 is 1.64. The van der Waals surface area contributed by atoms with Gasteiger partial charge < -0.3 is 5.32 Å². The first-order valence-corrected chi connectivity index (χ1v) is 9.21. The summed E-state index contributed by atoms with van der Waals surface area (Å²) in [6, 6.07) is 5.24. The monoisotopic (exact) mass is 316 g/mol. The molecular weight excluding hydrogens is 292 g/mol. The lowest BCUT2D eigenvalue weighted by Crippen LogP contribution is -2.36. The molecule has 0 atom stereocenters. The molecule has 0 aliphatic heterocycles. The minimum absolute atomic E-state index is 0.119. The molecule has 0 aromatic heterocycles. The third-order valence-electron chi connectivity index (χ3n) is 3.24. The second-order valence-corrected chi connectivity index (χ2v) is 8.69. The Labute approximate surface area is 126 Å². The summed E-state index contributed by atoms with van der Waals surface area (Å²) in [5, 5.41) is 3.05. The molecule has 0 fully saturated rings. The molecule has 114 valence electrons. The number of rotatable bonds is 7. The minimum atomic E-state index is -3.45. The van der Waals surface area contributed by atoms with Gasteiger partial charge in [-0.1, -0.05) is 6.07 Å². The van der Waals surface area contributed by atoms with Gasteiger partial charge in [-0.2, -0.15) is 11.8 Å². The third kappa shape index (κ3) is 4.77. The highest BCUT2D eigenvalue weighted by atomic mass is 32.2. The molecule has 1 rings (SSSR count). The first kappa shape index (κ1) is 17.5. The fourth-order valence-corrected chi connectivity index (χ4v) is 3.19.